The quantitative estimate of drug-likeness (QED) is 0.132. The van der Waals surface area contributed by atoms with Gasteiger partial charge < -0.3 is 0 Å². The largest absolute Gasteiger partial charge is 0.263 e. The zero-order chi connectivity index (χ0) is 38.9. The number of nitrogens with zero attached hydrogens (tertiary/aromatic N) is 8. The number of terminal acetylenes is 1. The lowest BCUT2D eigenvalue weighted by Crippen LogP contribution is -1.98. The highest BCUT2D eigenvalue weighted by atomic mass is 35.5. The van der Waals surface area contributed by atoms with Crippen molar-refractivity contribution in [1.29, 1.82) is 0 Å². The third-order valence-electron chi connectivity index (χ3n) is 8.29. The molecule has 0 spiro atoms. The van der Waals surface area contributed by atoms with E-state index in [-0.39, 0.29) is 11.6 Å². The summed E-state index contributed by atoms with van der Waals surface area (Å²) in [7, 11) is 3.68. The van der Waals surface area contributed by atoms with E-state index in [0.717, 1.165) is 52.0 Å². The summed E-state index contributed by atoms with van der Waals surface area (Å²) in [6.07, 6.45) is 6.89. The van der Waals surface area contributed by atoms with E-state index in [0.29, 0.717) is 39.1 Å². The molecule has 0 atom stereocenters. The van der Waals surface area contributed by atoms with Gasteiger partial charge in [0.1, 0.15) is 39.4 Å². The standard InChI is InChI=1S/C23H19FN4.C13H10ClFN4.C8H6/c1-3-7-19-21-22(28(2)27-19)20(15-10-16-8-5-4-6-9-16)25-23(26-21)17-11-13-18(24)14-12-17;1-7-10-11(19(2)18-7)12(14)17-13(16-10)8-3-5-9(15)6-4-8;1-2-8-6-4-3-5-7-8/h4-6,8-9,11-14H,3,7H2,1-2H3;3-6H,1-2H3;1,3-7H. The molecule has 0 unspecified atom stereocenters. The Morgan fingerprint density at radius 1 is 0.636 bits per heavy atom. The van der Waals surface area contributed by atoms with Crippen molar-refractivity contribution in [2.24, 2.45) is 14.1 Å². The molecular formula is C44H35ClF2N8. The Labute approximate surface area is 322 Å². The van der Waals surface area contributed by atoms with Crippen molar-refractivity contribution < 1.29 is 8.78 Å². The van der Waals surface area contributed by atoms with Gasteiger partial charge in [0, 0.05) is 36.3 Å². The van der Waals surface area contributed by atoms with Gasteiger partial charge in [-0.2, -0.15) is 10.2 Å². The maximum atomic E-state index is 13.3. The Kier molecular flexibility index (Phi) is 12.0. The molecule has 0 N–H and O–H groups in total. The van der Waals surface area contributed by atoms with E-state index < -0.39 is 0 Å². The lowest BCUT2D eigenvalue weighted by atomic mass is 10.1. The summed E-state index contributed by atoms with van der Waals surface area (Å²) in [5, 5.41) is 9.24. The van der Waals surface area contributed by atoms with Gasteiger partial charge >= 0.3 is 0 Å². The normalized spacial score (nSPS) is 10.4. The Balaban J connectivity index is 0.000000163. The molecule has 8 aromatic rings. The molecule has 0 amide bonds. The summed E-state index contributed by atoms with van der Waals surface area (Å²) in [5.41, 5.74) is 8.66. The van der Waals surface area contributed by atoms with E-state index in [4.69, 9.17) is 23.0 Å². The monoisotopic (exact) mass is 748 g/mol. The third-order valence-corrected chi connectivity index (χ3v) is 8.55. The van der Waals surface area contributed by atoms with E-state index >= 15 is 0 Å². The predicted octanol–water partition coefficient (Wildman–Crippen LogP) is 9.32. The Morgan fingerprint density at radius 3 is 1.71 bits per heavy atom. The Bertz CT molecular complexity index is 2670. The van der Waals surface area contributed by atoms with Crippen molar-refractivity contribution >= 4 is 33.7 Å². The van der Waals surface area contributed by atoms with Gasteiger partial charge in [-0.3, -0.25) is 9.36 Å². The van der Waals surface area contributed by atoms with Crippen LogP contribution in [0.25, 0.3) is 44.8 Å². The van der Waals surface area contributed by atoms with Crippen molar-refractivity contribution in [3.63, 3.8) is 0 Å². The zero-order valence-electron chi connectivity index (χ0n) is 30.6. The van der Waals surface area contributed by atoms with Gasteiger partial charge in [0.15, 0.2) is 16.8 Å². The maximum absolute atomic E-state index is 13.3. The van der Waals surface area contributed by atoms with Gasteiger partial charge in [0.25, 0.3) is 0 Å². The molecule has 0 aliphatic heterocycles. The second kappa shape index (κ2) is 17.4. The molecule has 4 aromatic carbocycles. The van der Waals surface area contributed by atoms with Crippen LogP contribution in [0.4, 0.5) is 8.78 Å². The van der Waals surface area contributed by atoms with Crippen LogP contribution in [0.2, 0.25) is 5.15 Å². The molecule has 272 valence electrons. The van der Waals surface area contributed by atoms with E-state index in [9.17, 15) is 8.78 Å². The second-order valence-electron chi connectivity index (χ2n) is 12.3. The summed E-state index contributed by atoms with van der Waals surface area (Å²) in [6.45, 7) is 3.97. The molecule has 0 aliphatic carbocycles. The number of aryl methyl sites for hydroxylation is 4. The smallest absolute Gasteiger partial charge is 0.161 e. The van der Waals surface area contributed by atoms with E-state index in [2.05, 4.69) is 49.8 Å². The molecule has 0 saturated heterocycles. The minimum atomic E-state index is -0.298. The molecule has 55 heavy (non-hydrogen) atoms. The Hall–Kier alpha value is -6.75. The molecule has 0 aliphatic rings. The SMILES string of the molecule is C#Cc1ccccc1.CCCc1nn(C)c2c(C#Cc3ccccc3)nc(-c3ccc(F)cc3)nc12.Cc1nn(C)c2c(Cl)nc(-c3ccc(F)cc3)nc12. The van der Waals surface area contributed by atoms with E-state index in [1.807, 2.05) is 74.6 Å². The van der Waals surface area contributed by atoms with Gasteiger partial charge in [-0.25, -0.2) is 28.7 Å². The number of rotatable bonds is 4. The molecule has 4 aromatic heterocycles. The van der Waals surface area contributed by atoms with Crippen molar-refractivity contribution in [3.8, 4) is 47.0 Å². The van der Waals surface area contributed by atoms with Crippen LogP contribution < -0.4 is 0 Å². The first kappa shape index (κ1) is 38.0. The number of hydrogen-bond donors (Lipinski definition) is 0. The fourth-order valence-corrected chi connectivity index (χ4v) is 5.96. The fourth-order valence-electron chi connectivity index (χ4n) is 5.67. The summed E-state index contributed by atoms with van der Waals surface area (Å²) in [5.74, 6) is 9.28. The fraction of sp³-hybridized carbons (Fsp3) is 0.136. The average Bonchev–Trinajstić information content (AvgIpc) is 3.69. The van der Waals surface area contributed by atoms with Crippen LogP contribution >= 0.6 is 11.6 Å². The lowest BCUT2D eigenvalue weighted by molar-refractivity contribution is 0.627. The van der Waals surface area contributed by atoms with Crippen LogP contribution in [-0.2, 0) is 20.5 Å². The minimum Gasteiger partial charge on any atom is -0.263 e. The molecule has 8 nitrogen and oxygen atoms in total. The first-order valence-corrected chi connectivity index (χ1v) is 17.7. The van der Waals surface area contributed by atoms with Gasteiger partial charge in [-0.1, -0.05) is 73.2 Å². The van der Waals surface area contributed by atoms with Gasteiger partial charge in [0.05, 0.1) is 11.4 Å². The predicted molar refractivity (Wildman–Crippen MR) is 214 cm³/mol. The van der Waals surface area contributed by atoms with Crippen molar-refractivity contribution in [2.45, 2.75) is 26.7 Å². The average molecular weight is 749 g/mol. The first-order chi connectivity index (χ1) is 26.6. The molecule has 0 bridgehead atoms. The van der Waals surface area contributed by atoms with Gasteiger partial charge in [0.2, 0.25) is 0 Å². The van der Waals surface area contributed by atoms with Gasteiger partial charge in [-0.05, 0) is 92.1 Å². The van der Waals surface area contributed by atoms with Crippen molar-refractivity contribution in [2.75, 3.05) is 0 Å². The second-order valence-corrected chi connectivity index (χ2v) is 12.7. The highest BCUT2D eigenvalue weighted by Gasteiger charge is 2.17. The number of aromatic nitrogens is 8. The van der Waals surface area contributed by atoms with Gasteiger partial charge in [-0.15, -0.1) is 6.42 Å². The molecule has 0 saturated carbocycles. The molecule has 0 radical (unpaired) electrons. The topological polar surface area (TPSA) is 87.2 Å². The highest BCUT2D eigenvalue weighted by Crippen LogP contribution is 2.27. The first-order valence-electron chi connectivity index (χ1n) is 17.4. The molecule has 0 fully saturated rings. The summed E-state index contributed by atoms with van der Waals surface area (Å²) < 4.78 is 29.7. The van der Waals surface area contributed by atoms with Crippen LogP contribution in [0.5, 0.6) is 0 Å². The Morgan fingerprint density at radius 2 is 1.16 bits per heavy atom. The van der Waals surface area contributed by atoms with E-state index in [1.165, 1.54) is 24.3 Å². The lowest BCUT2D eigenvalue weighted by Gasteiger charge is -2.04. The number of hydrogen-bond acceptors (Lipinski definition) is 6. The molecular weight excluding hydrogens is 714 g/mol. The molecule has 8 rings (SSSR count). The minimum absolute atomic E-state index is 0.290. The maximum Gasteiger partial charge on any atom is 0.161 e. The number of fused-ring (bicyclic) bond motifs is 2. The summed E-state index contributed by atoms with van der Waals surface area (Å²) in [6, 6.07) is 31.5. The van der Waals surface area contributed by atoms with Crippen LogP contribution in [0, 0.1) is 42.7 Å². The third kappa shape index (κ3) is 9.08. The van der Waals surface area contributed by atoms with Crippen LogP contribution in [0.3, 0.4) is 0 Å². The summed E-state index contributed by atoms with van der Waals surface area (Å²) in [4.78, 5) is 18.1. The van der Waals surface area contributed by atoms with E-state index in [1.54, 1.807) is 40.7 Å². The van der Waals surface area contributed by atoms with Crippen LogP contribution in [0.1, 0.15) is 41.6 Å². The van der Waals surface area contributed by atoms with Crippen molar-refractivity contribution in [1.82, 2.24) is 39.5 Å². The van der Waals surface area contributed by atoms with Crippen LogP contribution in [0.15, 0.2) is 109 Å². The number of halogens is 3. The molecule has 11 heteroatoms. The molecule has 4 heterocycles. The van der Waals surface area contributed by atoms with Crippen LogP contribution in [-0.4, -0.2) is 39.5 Å². The summed E-state index contributed by atoms with van der Waals surface area (Å²) >= 11 is 6.18. The number of benzene rings is 4. The highest BCUT2D eigenvalue weighted by molar-refractivity contribution is 6.33. The van der Waals surface area contributed by atoms with Crippen molar-refractivity contribution in [3.05, 3.63) is 154 Å². The zero-order valence-corrected chi connectivity index (χ0v) is 31.4.